The van der Waals surface area contributed by atoms with Crippen molar-refractivity contribution in [3.63, 3.8) is 0 Å². The molecule has 0 amide bonds. The van der Waals surface area contributed by atoms with E-state index >= 15 is 0 Å². The number of nitrogens with zero attached hydrogens (tertiary/aromatic N) is 1. The van der Waals surface area contributed by atoms with Crippen LogP contribution in [0.2, 0.25) is 0 Å². The molecule has 0 aliphatic carbocycles. The summed E-state index contributed by atoms with van der Waals surface area (Å²) in [7, 11) is 2.04. The van der Waals surface area contributed by atoms with E-state index in [1.54, 1.807) is 11.3 Å². The molecule has 19 heavy (non-hydrogen) atoms. The quantitative estimate of drug-likeness (QED) is 0.743. The molecule has 1 N–H and O–H groups in total. The summed E-state index contributed by atoms with van der Waals surface area (Å²) in [6.45, 7) is 0.850. The molecule has 0 unspecified atom stereocenters. The largest absolute Gasteiger partial charge is 0.380 e. The molecule has 1 aromatic carbocycles. The predicted octanol–water partition coefficient (Wildman–Crippen LogP) is 4.37. The van der Waals surface area contributed by atoms with Crippen molar-refractivity contribution in [2.24, 2.45) is 7.05 Å². The van der Waals surface area contributed by atoms with Gasteiger partial charge in [-0.15, -0.1) is 11.3 Å². The lowest BCUT2D eigenvalue weighted by molar-refractivity contribution is 0.920. The molecule has 0 aliphatic rings. The molecule has 2 aromatic heterocycles. The van der Waals surface area contributed by atoms with Crippen LogP contribution in [0.15, 0.2) is 60.2 Å². The molecule has 3 aromatic rings. The van der Waals surface area contributed by atoms with Gasteiger partial charge in [0.25, 0.3) is 0 Å². The Bertz CT molecular complexity index is 653. The Hall–Kier alpha value is -2.00. The van der Waals surface area contributed by atoms with E-state index in [0.717, 1.165) is 6.54 Å². The van der Waals surface area contributed by atoms with Crippen molar-refractivity contribution in [2.75, 3.05) is 5.32 Å². The number of benzene rings is 1. The third-order valence-corrected chi connectivity index (χ3v) is 3.99. The summed E-state index contributed by atoms with van der Waals surface area (Å²) in [4.78, 5) is 1.30. The standard InChI is InChI=1S/C16H16N2S/c1-18-9-8-13(12-18)11-17-15-6-3-2-5-14(15)16-7-4-10-19-16/h2-10,12,17H,11H2,1H3. The predicted molar refractivity (Wildman–Crippen MR) is 82.5 cm³/mol. The molecule has 0 fully saturated rings. The molecule has 0 saturated heterocycles. The Morgan fingerprint density at radius 1 is 1.11 bits per heavy atom. The number of aromatic nitrogens is 1. The maximum Gasteiger partial charge on any atom is 0.0430 e. The van der Waals surface area contributed by atoms with Gasteiger partial charge in [0, 0.05) is 42.1 Å². The minimum atomic E-state index is 0.850. The molecule has 0 saturated carbocycles. The van der Waals surface area contributed by atoms with Gasteiger partial charge in [-0.2, -0.15) is 0 Å². The van der Waals surface area contributed by atoms with Crippen molar-refractivity contribution in [2.45, 2.75) is 6.54 Å². The molecular formula is C16H16N2S. The summed E-state index contributed by atoms with van der Waals surface area (Å²) in [5, 5.41) is 5.64. The van der Waals surface area contributed by atoms with Crippen LogP contribution in [0.4, 0.5) is 5.69 Å². The lowest BCUT2D eigenvalue weighted by Gasteiger charge is -2.10. The van der Waals surface area contributed by atoms with E-state index in [-0.39, 0.29) is 0 Å². The van der Waals surface area contributed by atoms with Crippen LogP contribution in [0.25, 0.3) is 10.4 Å². The molecule has 2 nitrogen and oxygen atoms in total. The number of hydrogen-bond acceptors (Lipinski definition) is 2. The number of rotatable bonds is 4. The molecule has 0 bridgehead atoms. The van der Waals surface area contributed by atoms with Gasteiger partial charge in [0.05, 0.1) is 0 Å². The van der Waals surface area contributed by atoms with Crippen LogP contribution in [0.1, 0.15) is 5.56 Å². The zero-order valence-corrected chi connectivity index (χ0v) is 11.7. The number of anilines is 1. The van der Waals surface area contributed by atoms with Crippen LogP contribution >= 0.6 is 11.3 Å². The van der Waals surface area contributed by atoms with Crippen molar-refractivity contribution in [1.82, 2.24) is 4.57 Å². The average Bonchev–Trinajstić information content (AvgIpc) is 3.08. The van der Waals surface area contributed by atoms with Crippen molar-refractivity contribution in [3.05, 3.63) is 65.8 Å². The van der Waals surface area contributed by atoms with Gasteiger partial charge in [0.2, 0.25) is 0 Å². The van der Waals surface area contributed by atoms with Crippen molar-refractivity contribution in [1.29, 1.82) is 0 Å². The Kier molecular flexibility index (Phi) is 3.38. The first-order chi connectivity index (χ1) is 9.33. The maximum absolute atomic E-state index is 3.52. The zero-order chi connectivity index (χ0) is 13.1. The van der Waals surface area contributed by atoms with Crippen LogP contribution < -0.4 is 5.32 Å². The van der Waals surface area contributed by atoms with E-state index in [2.05, 4.69) is 70.1 Å². The van der Waals surface area contributed by atoms with E-state index < -0.39 is 0 Å². The van der Waals surface area contributed by atoms with E-state index in [9.17, 15) is 0 Å². The number of thiophene rings is 1. The second-order valence-corrected chi connectivity index (χ2v) is 5.51. The smallest absolute Gasteiger partial charge is 0.0430 e. The second kappa shape index (κ2) is 5.33. The van der Waals surface area contributed by atoms with E-state index in [1.165, 1.54) is 21.7 Å². The van der Waals surface area contributed by atoms with Crippen LogP contribution in [-0.4, -0.2) is 4.57 Å². The van der Waals surface area contributed by atoms with Gasteiger partial charge in [-0.3, -0.25) is 0 Å². The highest BCUT2D eigenvalue weighted by molar-refractivity contribution is 7.13. The monoisotopic (exact) mass is 268 g/mol. The number of hydrogen-bond donors (Lipinski definition) is 1. The highest BCUT2D eigenvalue weighted by atomic mass is 32.1. The fraction of sp³-hybridized carbons (Fsp3) is 0.125. The van der Waals surface area contributed by atoms with Crippen molar-refractivity contribution < 1.29 is 0 Å². The lowest BCUT2D eigenvalue weighted by atomic mass is 10.1. The highest BCUT2D eigenvalue weighted by Crippen LogP contribution is 2.31. The third kappa shape index (κ3) is 2.71. The van der Waals surface area contributed by atoms with Crippen LogP contribution in [0.5, 0.6) is 0 Å². The Morgan fingerprint density at radius 2 is 2.00 bits per heavy atom. The highest BCUT2D eigenvalue weighted by Gasteiger charge is 2.05. The summed E-state index contributed by atoms with van der Waals surface area (Å²) in [6.07, 6.45) is 4.21. The fourth-order valence-electron chi connectivity index (χ4n) is 2.15. The van der Waals surface area contributed by atoms with E-state index in [1.807, 2.05) is 7.05 Å². The van der Waals surface area contributed by atoms with Crippen LogP contribution in [0, 0.1) is 0 Å². The first-order valence-corrected chi connectivity index (χ1v) is 7.18. The third-order valence-electron chi connectivity index (χ3n) is 3.09. The SMILES string of the molecule is Cn1ccc(CNc2ccccc2-c2cccs2)c1. The minimum Gasteiger partial charge on any atom is -0.380 e. The zero-order valence-electron chi connectivity index (χ0n) is 10.8. The Morgan fingerprint density at radius 3 is 2.74 bits per heavy atom. The molecule has 3 rings (SSSR count). The van der Waals surface area contributed by atoms with Crippen LogP contribution in [0.3, 0.4) is 0 Å². The van der Waals surface area contributed by atoms with E-state index in [4.69, 9.17) is 0 Å². The van der Waals surface area contributed by atoms with Gasteiger partial charge in [0.1, 0.15) is 0 Å². The number of nitrogens with one attached hydrogen (secondary N) is 1. The molecule has 96 valence electrons. The van der Waals surface area contributed by atoms with Crippen molar-refractivity contribution in [3.8, 4) is 10.4 Å². The normalized spacial score (nSPS) is 10.6. The van der Waals surface area contributed by atoms with Gasteiger partial charge in [-0.25, -0.2) is 0 Å². The molecule has 0 aliphatic heterocycles. The van der Waals surface area contributed by atoms with Gasteiger partial charge >= 0.3 is 0 Å². The summed E-state index contributed by atoms with van der Waals surface area (Å²) >= 11 is 1.77. The van der Waals surface area contributed by atoms with Crippen LogP contribution in [-0.2, 0) is 13.6 Å². The second-order valence-electron chi connectivity index (χ2n) is 4.56. The number of aryl methyl sites for hydroxylation is 1. The summed E-state index contributed by atoms with van der Waals surface area (Å²) in [5.74, 6) is 0. The molecule has 0 radical (unpaired) electrons. The van der Waals surface area contributed by atoms with Gasteiger partial charge in [-0.1, -0.05) is 24.3 Å². The first-order valence-electron chi connectivity index (χ1n) is 6.30. The summed E-state index contributed by atoms with van der Waals surface area (Å²) in [6, 6.07) is 14.9. The molecular weight excluding hydrogens is 252 g/mol. The first kappa shape index (κ1) is 12.1. The molecule has 0 atom stereocenters. The van der Waals surface area contributed by atoms with Gasteiger partial charge in [-0.05, 0) is 29.1 Å². The fourth-order valence-corrected chi connectivity index (χ4v) is 2.91. The van der Waals surface area contributed by atoms with Gasteiger partial charge in [0.15, 0.2) is 0 Å². The van der Waals surface area contributed by atoms with Crippen molar-refractivity contribution >= 4 is 17.0 Å². The summed E-state index contributed by atoms with van der Waals surface area (Å²) in [5.41, 5.74) is 3.76. The number of para-hydroxylation sites is 1. The topological polar surface area (TPSA) is 17.0 Å². The van der Waals surface area contributed by atoms with E-state index in [0.29, 0.717) is 0 Å². The molecule has 0 spiro atoms. The summed E-state index contributed by atoms with van der Waals surface area (Å²) < 4.78 is 2.07. The van der Waals surface area contributed by atoms with Gasteiger partial charge < -0.3 is 9.88 Å². The average molecular weight is 268 g/mol. The minimum absolute atomic E-state index is 0.850. The maximum atomic E-state index is 3.52. The molecule has 3 heteroatoms. The Labute approximate surface area is 117 Å². The molecule has 2 heterocycles. The lowest BCUT2D eigenvalue weighted by Crippen LogP contribution is -1.99. The Balaban J connectivity index is 1.81.